The molecule has 0 spiro atoms. The summed E-state index contributed by atoms with van der Waals surface area (Å²) in [6, 6.07) is 7.13. The largest absolute Gasteiger partial charge is 0.392 e. The van der Waals surface area contributed by atoms with Gasteiger partial charge in [0.25, 0.3) is 0 Å². The zero-order valence-electron chi connectivity index (χ0n) is 13.8. The molecule has 5 heteroatoms. The van der Waals surface area contributed by atoms with Crippen LogP contribution in [0.5, 0.6) is 0 Å². The Kier molecular flexibility index (Phi) is 7.21. The fraction of sp³-hybridized carbons (Fsp3) is 0.529. The first-order valence-corrected chi connectivity index (χ1v) is 7.62. The molecule has 0 aliphatic carbocycles. The van der Waals surface area contributed by atoms with E-state index in [1.807, 2.05) is 13.8 Å². The summed E-state index contributed by atoms with van der Waals surface area (Å²) in [5.74, 6) is -0.0737. The molecule has 1 atom stereocenters. The van der Waals surface area contributed by atoms with Gasteiger partial charge in [-0.1, -0.05) is 0 Å². The van der Waals surface area contributed by atoms with Crippen molar-refractivity contribution in [3.05, 3.63) is 29.8 Å². The molecular formula is C17H26N2O3. The fourth-order valence-corrected chi connectivity index (χ4v) is 2.16. The summed E-state index contributed by atoms with van der Waals surface area (Å²) in [5, 5.41) is 12.3. The van der Waals surface area contributed by atoms with Crippen molar-refractivity contribution in [2.75, 3.05) is 18.4 Å². The summed E-state index contributed by atoms with van der Waals surface area (Å²) in [4.78, 5) is 25.2. The van der Waals surface area contributed by atoms with Crippen LogP contribution in [0.15, 0.2) is 24.3 Å². The second kappa shape index (κ2) is 8.66. The molecule has 0 radical (unpaired) electrons. The van der Waals surface area contributed by atoms with Crippen molar-refractivity contribution in [1.82, 2.24) is 4.90 Å². The van der Waals surface area contributed by atoms with Crippen LogP contribution in [0.25, 0.3) is 0 Å². The van der Waals surface area contributed by atoms with Crippen LogP contribution in [0.1, 0.15) is 44.5 Å². The predicted molar refractivity (Wildman–Crippen MR) is 88.1 cm³/mol. The summed E-state index contributed by atoms with van der Waals surface area (Å²) in [5.41, 5.74) is 1.31. The highest BCUT2D eigenvalue weighted by Crippen LogP contribution is 2.11. The third kappa shape index (κ3) is 6.37. The van der Waals surface area contributed by atoms with Gasteiger partial charge in [0.05, 0.1) is 6.10 Å². The molecule has 0 aliphatic heterocycles. The highest BCUT2D eigenvalue weighted by molar-refractivity contribution is 5.95. The average molecular weight is 306 g/mol. The number of aliphatic hydroxyl groups is 1. The van der Waals surface area contributed by atoms with Gasteiger partial charge >= 0.3 is 0 Å². The minimum Gasteiger partial charge on any atom is -0.392 e. The van der Waals surface area contributed by atoms with E-state index < -0.39 is 6.10 Å². The standard InChI is InChI=1S/C17H26N2O3/c1-12(2)19(11-13(3)20)10-9-17(22)18-16-7-5-15(6-8-16)14(4)21/h5-8,12-13,20H,9-11H2,1-4H3,(H,18,22). The van der Waals surface area contributed by atoms with Crippen LogP contribution >= 0.6 is 0 Å². The number of nitrogens with one attached hydrogen (secondary N) is 1. The monoisotopic (exact) mass is 306 g/mol. The summed E-state index contributed by atoms with van der Waals surface area (Å²) in [7, 11) is 0. The number of hydrogen-bond acceptors (Lipinski definition) is 4. The average Bonchev–Trinajstić information content (AvgIpc) is 2.43. The third-order valence-corrected chi connectivity index (χ3v) is 3.43. The number of nitrogens with zero attached hydrogens (tertiary/aromatic N) is 1. The van der Waals surface area contributed by atoms with Crippen molar-refractivity contribution >= 4 is 17.4 Å². The Hall–Kier alpha value is -1.72. The topological polar surface area (TPSA) is 69.6 Å². The summed E-state index contributed by atoms with van der Waals surface area (Å²) >= 11 is 0. The summed E-state index contributed by atoms with van der Waals surface area (Å²) in [6.45, 7) is 8.49. The molecule has 1 rings (SSSR count). The van der Waals surface area contributed by atoms with E-state index in [0.717, 1.165) is 0 Å². The van der Waals surface area contributed by atoms with Gasteiger partial charge in [0, 0.05) is 36.8 Å². The molecule has 1 unspecified atom stereocenters. The van der Waals surface area contributed by atoms with E-state index >= 15 is 0 Å². The molecule has 0 aliphatic rings. The number of aliphatic hydroxyl groups excluding tert-OH is 1. The number of hydrogen-bond donors (Lipinski definition) is 2. The van der Waals surface area contributed by atoms with E-state index in [2.05, 4.69) is 10.2 Å². The maximum Gasteiger partial charge on any atom is 0.225 e. The SMILES string of the molecule is CC(=O)c1ccc(NC(=O)CCN(CC(C)O)C(C)C)cc1. The summed E-state index contributed by atoms with van der Waals surface area (Å²) < 4.78 is 0. The Bertz CT molecular complexity index is 495. The molecule has 5 nitrogen and oxygen atoms in total. The van der Waals surface area contributed by atoms with E-state index in [4.69, 9.17) is 0 Å². The minimum absolute atomic E-state index is 0.00331. The first kappa shape index (κ1) is 18.3. The van der Waals surface area contributed by atoms with Gasteiger partial charge in [-0.15, -0.1) is 0 Å². The Morgan fingerprint density at radius 3 is 2.23 bits per heavy atom. The van der Waals surface area contributed by atoms with Crippen molar-refractivity contribution in [2.45, 2.75) is 46.3 Å². The first-order valence-electron chi connectivity index (χ1n) is 7.62. The Balaban J connectivity index is 2.49. The molecule has 0 heterocycles. The predicted octanol–water partition coefficient (Wildman–Crippen LogP) is 2.31. The Labute approximate surface area is 132 Å². The van der Waals surface area contributed by atoms with Crippen molar-refractivity contribution in [1.29, 1.82) is 0 Å². The minimum atomic E-state index is -0.412. The van der Waals surface area contributed by atoms with Gasteiger partial charge in [-0.05, 0) is 52.0 Å². The van der Waals surface area contributed by atoms with Crippen LogP contribution in [0, 0.1) is 0 Å². The van der Waals surface area contributed by atoms with Gasteiger partial charge in [-0.25, -0.2) is 0 Å². The molecule has 22 heavy (non-hydrogen) atoms. The molecule has 122 valence electrons. The third-order valence-electron chi connectivity index (χ3n) is 3.43. The maximum absolute atomic E-state index is 12.0. The lowest BCUT2D eigenvalue weighted by atomic mass is 10.1. The molecule has 0 fully saturated rings. The van der Waals surface area contributed by atoms with E-state index in [1.54, 1.807) is 31.2 Å². The van der Waals surface area contributed by atoms with Crippen LogP contribution in [0.2, 0.25) is 0 Å². The molecule has 0 saturated carbocycles. The Morgan fingerprint density at radius 1 is 1.18 bits per heavy atom. The van der Waals surface area contributed by atoms with Gasteiger partial charge in [-0.3, -0.25) is 14.5 Å². The molecule has 0 bridgehead atoms. The number of ketones is 1. The lowest BCUT2D eigenvalue weighted by molar-refractivity contribution is -0.116. The number of amides is 1. The molecule has 2 N–H and O–H groups in total. The number of anilines is 1. The second-order valence-corrected chi connectivity index (χ2v) is 5.87. The number of carbonyl (C=O) groups is 2. The molecule has 1 aromatic rings. The number of rotatable bonds is 8. The van der Waals surface area contributed by atoms with Gasteiger partial charge in [0.2, 0.25) is 5.91 Å². The maximum atomic E-state index is 12.0. The van der Waals surface area contributed by atoms with Gasteiger partial charge in [0.1, 0.15) is 0 Å². The normalized spacial score (nSPS) is 12.5. The molecule has 1 aromatic carbocycles. The molecule has 0 aromatic heterocycles. The zero-order chi connectivity index (χ0) is 16.7. The number of Topliss-reactive ketones (excluding diaryl/α,β-unsaturated/α-hetero) is 1. The zero-order valence-corrected chi connectivity index (χ0v) is 13.8. The van der Waals surface area contributed by atoms with Crippen molar-refractivity contribution in [3.8, 4) is 0 Å². The van der Waals surface area contributed by atoms with Gasteiger partial charge in [0.15, 0.2) is 5.78 Å². The van der Waals surface area contributed by atoms with Crippen molar-refractivity contribution in [3.63, 3.8) is 0 Å². The smallest absolute Gasteiger partial charge is 0.225 e. The van der Waals surface area contributed by atoms with Crippen molar-refractivity contribution in [2.24, 2.45) is 0 Å². The highest BCUT2D eigenvalue weighted by atomic mass is 16.3. The van der Waals surface area contributed by atoms with E-state index in [0.29, 0.717) is 30.8 Å². The summed E-state index contributed by atoms with van der Waals surface area (Å²) in [6.07, 6.45) is -0.0519. The van der Waals surface area contributed by atoms with E-state index in [9.17, 15) is 14.7 Å². The van der Waals surface area contributed by atoms with E-state index in [-0.39, 0.29) is 17.7 Å². The highest BCUT2D eigenvalue weighted by Gasteiger charge is 2.13. The first-order chi connectivity index (χ1) is 10.3. The fourth-order valence-electron chi connectivity index (χ4n) is 2.16. The van der Waals surface area contributed by atoms with Gasteiger partial charge < -0.3 is 10.4 Å². The number of carbonyl (C=O) groups excluding carboxylic acids is 2. The van der Waals surface area contributed by atoms with Crippen LogP contribution in [-0.4, -0.2) is 46.9 Å². The van der Waals surface area contributed by atoms with Crippen LogP contribution in [0.3, 0.4) is 0 Å². The molecular weight excluding hydrogens is 280 g/mol. The van der Waals surface area contributed by atoms with Crippen LogP contribution < -0.4 is 5.32 Å². The van der Waals surface area contributed by atoms with Crippen LogP contribution in [-0.2, 0) is 4.79 Å². The lowest BCUT2D eigenvalue weighted by Crippen LogP contribution is -2.38. The van der Waals surface area contributed by atoms with E-state index in [1.165, 1.54) is 6.92 Å². The second-order valence-electron chi connectivity index (χ2n) is 5.87. The molecule has 1 amide bonds. The Morgan fingerprint density at radius 2 is 1.77 bits per heavy atom. The lowest BCUT2D eigenvalue weighted by Gasteiger charge is -2.27. The van der Waals surface area contributed by atoms with Crippen LogP contribution in [0.4, 0.5) is 5.69 Å². The quantitative estimate of drug-likeness (QED) is 0.723. The number of benzene rings is 1. The molecule has 0 saturated heterocycles. The van der Waals surface area contributed by atoms with Crippen molar-refractivity contribution < 1.29 is 14.7 Å². The van der Waals surface area contributed by atoms with Gasteiger partial charge in [-0.2, -0.15) is 0 Å².